The van der Waals surface area contributed by atoms with E-state index in [-0.39, 0.29) is 0 Å². The highest BCUT2D eigenvalue weighted by Crippen LogP contribution is 2.48. The summed E-state index contributed by atoms with van der Waals surface area (Å²) in [4.78, 5) is 0. The molecule has 2 nitrogen and oxygen atoms in total. The molecule has 0 bridgehead atoms. The van der Waals surface area contributed by atoms with E-state index in [0.717, 1.165) is 38.7 Å². The van der Waals surface area contributed by atoms with Gasteiger partial charge in [-0.15, -0.1) is 0 Å². The Morgan fingerprint density at radius 3 is 1.76 bits per heavy atom. The molecule has 0 saturated heterocycles. The lowest BCUT2D eigenvalue weighted by Gasteiger charge is -2.17. The summed E-state index contributed by atoms with van der Waals surface area (Å²) in [6.07, 6.45) is 0. The number of nitrogens with zero attached hydrogens (tertiary/aromatic N) is 1. The summed E-state index contributed by atoms with van der Waals surface area (Å²) in [5.41, 5.74) is 12.5. The zero-order valence-electron chi connectivity index (χ0n) is 29.3. The van der Waals surface area contributed by atoms with Crippen LogP contribution in [0.2, 0.25) is 0 Å². The van der Waals surface area contributed by atoms with Gasteiger partial charge in [0, 0.05) is 27.2 Å². The third-order valence-corrected chi connectivity index (χ3v) is 11.5. The normalized spacial score (nSPS) is 12.1. The van der Waals surface area contributed by atoms with E-state index in [1.54, 1.807) is 0 Å². The molecular formula is C52H31NO. The Kier molecular flexibility index (Phi) is 6.09. The second kappa shape index (κ2) is 11.2. The summed E-state index contributed by atoms with van der Waals surface area (Å²) in [5, 5.41) is 12.3. The van der Waals surface area contributed by atoms with Crippen molar-refractivity contribution in [3.8, 4) is 39.1 Å². The second-order valence-electron chi connectivity index (χ2n) is 14.4. The predicted octanol–water partition coefficient (Wildman–Crippen LogP) is 14.6. The van der Waals surface area contributed by atoms with E-state index in [1.807, 2.05) is 0 Å². The molecule has 2 heterocycles. The van der Waals surface area contributed by atoms with Gasteiger partial charge in [0.05, 0.1) is 11.0 Å². The van der Waals surface area contributed by atoms with Crippen LogP contribution in [0.4, 0.5) is 0 Å². The van der Waals surface area contributed by atoms with Crippen LogP contribution in [0.3, 0.4) is 0 Å². The summed E-state index contributed by atoms with van der Waals surface area (Å²) in [7, 11) is 0. The van der Waals surface area contributed by atoms with Crippen molar-refractivity contribution in [2.45, 2.75) is 0 Å². The summed E-state index contributed by atoms with van der Waals surface area (Å²) in [6, 6.07) is 68.4. The summed E-state index contributed by atoms with van der Waals surface area (Å²) in [5.74, 6) is 0. The van der Waals surface area contributed by atoms with Gasteiger partial charge in [-0.1, -0.05) is 152 Å². The molecule has 2 aromatic heterocycles. The van der Waals surface area contributed by atoms with Crippen LogP contribution in [-0.4, -0.2) is 4.57 Å². The lowest BCUT2D eigenvalue weighted by molar-refractivity contribution is 0.671. The predicted molar refractivity (Wildman–Crippen MR) is 228 cm³/mol. The average Bonchev–Trinajstić information content (AvgIpc) is 3.80. The Bertz CT molecular complexity index is 3420. The van der Waals surface area contributed by atoms with E-state index in [0.29, 0.717) is 0 Å². The molecular weight excluding hydrogens is 655 g/mol. The van der Waals surface area contributed by atoms with E-state index in [2.05, 4.69) is 193 Å². The number of para-hydroxylation sites is 3. The van der Waals surface area contributed by atoms with Crippen LogP contribution in [0.25, 0.3) is 115 Å². The number of furan rings is 1. The molecule has 0 aliphatic heterocycles. The molecule has 12 rings (SSSR count). The van der Waals surface area contributed by atoms with E-state index < -0.39 is 0 Å². The van der Waals surface area contributed by atoms with Crippen molar-refractivity contribution in [2.24, 2.45) is 0 Å². The lowest BCUT2D eigenvalue weighted by Crippen LogP contribution is -1.94. The van der Waals surface area contributed by atoms with Crippen LogP contribution in [0.15, 0.2) is 192 Å². The fourth-order valence-electron chi connectivity index (χ4n) is 9.17. The highest BCUT2D eigenvalue weighted by molar-refractivity contribution is 6.31. The van der Waals surface area contributed by atoms with Crippen LogP contribution < -0.4 is 0 Å². The van der Waals surface area contributed by atoms with Gasteiger partial charge < -0.3 is 8.98 Å². The standard InChI is InChI=1S/C52H31NO/c1-3-12-32(13-4-1)35-14-11-15-36(30-35)38-26-22-33-25-29-42-39(27-23-34-24-28-41(38)48(33)49(34)42)44-31-45-40-18-7-9-20-46(40)53(37-16-5-2-6-17-37)51(45)52-50(44)43-19-8-10-21-47(43)54-52/h1-31H. The molecule has 0 atom stereocenters. The van der Waals surface area contributed by atoms with Crippen molar-refractivity contribution in [3.63, 3.8) is 0 Å². The minimum absolute atomic E-state index is 0.895. The maximum Gasteiger partial charge on any atom is 0.160 e. The molecule has 0 amide bonds. The Balaban J connectivity index is 1.17. The highest BCUT2D eigenvalue weighted by Gasteiger charge is 2.24. The van der Waals surface area contributed by atoms with Crippen molar-refractivity contribution >= 4 is 76.1 Å². The lowest BCUT2D eigenvalue weighted by atomic mass is 9.86. The smallest absolute Gasteiger partial charge is 0.160 e. The fraction of sp³-hybridized carbons (Fsp3) is 0. The molecule has 2 heteroatoms. The van der Waals surface area contributed by atoms with Crippen molar-refractivity contribution in [2.75, 3.05) is 0 Å². The quantitative estimate of drug-likeness (QED) is 0.169. The number of benzene rings is 10. The van der Waals surface area contributed by atoms with Gasteiger partial charge in [0.15, 0.2) is 5.58 Å². The van der Waals surface area contributed by atoms with Crippen LogP contribution in [-0.2, 0) is 0 Å². The number of aromatic nitrogens is 1. The SMILES string of the molecule is c1ccc(-c2cccc(-c3ccc4ccc5c(-c6cc7c8ccccc8n(-c8ccccc8)c7c7oc8ccccc8c67)ccc6ccc3c4c65)c2)cc1. The van der Waals surface area contributed by atoms with E-state index in [1.165, 1.54) is 76.5 Å². The minimum Gasteiger partial charge on any atom is -0.454 e. The van der Waals surface area contributed by atoms with Crippen molar-refractivity contribution in [1.29, 1.82) is 0 Å². The number of fused-ring (bicyclic) bond motifs is 7. The third kappa shape index (κ3) is 4.11. The van der Waals surface area contributed by atoms with Crippen LogP contribution >= 0.6 is 0 Å². The second-order valence-corrected chi connectivity index (χ2v) is 14.4. The Morgan fingerprint density at radius 2 is 0.963 bits per heavy atom. The first kappa shape index (κ1) is 29.4. The third-order valence-electron chi connectivity index (χ3n) is 11.5. The molecule has 0 fully saturated rings. The van der Waals surface area contributed by atoms with Gasteiger partial charge in [0.25, 0.3) is 0 Å². The van der Waals surface area contributed by atoms with Gasteiger partial charge in [-0.25, -0.2) is 0 Å². The van der Waals surface area contributed by atoms with Crippen molar-refractivity contribution < 1.29 is 4.42 Å². The van der Waals surface area contributed by atoms with Gasteiger partial charge in [-0.3, -0.25) is 0 Å². The Hall–Kier alpha value is -7.16. The molecule has 0 spiro atoms. The Labute approximate surface area is 311 Å². The van der Waals surface area contributed by atoms with E-state index in [9.17, 15) is 0 Å². The summed E-state index contributed by atoms with van der Waals surface area (Å²) >= 11 is 0. The largest absolute Gasteiger partial charge is 0.454 e. The zero-order chi connectivity index (χ0) is 35.3. The summed E-state index contributed by atoms with van der Waals surface area (Å²) in [6.45, 7) is 0. The fourth-order valence-corrected chi connectivity index (χ4v) is 9.17. The number of hydrogen-bond donors (Lipinski definition) is 0. The maximum absolute atomic E-state index is 6.93. The Morgan fingerprint density at radius 1 is 0.352 bits per heavy atom. The first-order valence-electron chi connectivity index (χ1n) is 18.6. The van der Waals surface area contributed by atoms with Crippen molar-refractivity contribution in [3.05, 3.63) is 188 Å². The minimum atomic E-state index is 0.895. The molecule has 0 saturated carbocycles. The molecule has 0 aliphatic carbocycles. The van der Waals surface area contributed by atoms with Crippen LogP contribution in [0, 0.1) is 0 Å². The van der Waals surface area contributed by atoms with E-state index >= 15 is 0 Å². The molecule has 10 aromatic carbocycles. The van der Waals surface area contributed by atoms with E-state index in [4.69, 9.17) is 4.42 Å². The van der Waals surface area contributed by atoms with Gasteiger partial charge in [0.2, 0.25) is 0 Å². The molecule has 0 unspecified atom stereocenters. The molecule has 0 aliphatic rings. The molecule has 250 valence electrons. The molecule has 12 aromatic rings. The topological polar surface area (TPSA) is 18.1 Å². The first-order chi connectivity index (χ1) is 26.8. The van der Waals surface area contributed by atoms with Gasteiger partial charge in [-0.2, -0.15) is 0 Å². The van der Waals surface area contributed by atoms with Crippen LogP contribution in [0.5, 0.6) is 0 Å². The monoisotopic (exact) mass is 685 g/mol. The average molecular weight is 686 g/mol. The zero-order valence-corrected chi connectivity index (χ0v) is 29.3. The van der Waals surface area contributed by atoms with Gasteiger partial charge in [0.1, 0.15) is 5.58 Å². The van der Waals surface area contributed by atoms with Crippen molar-refractivity contribution in [1.82, 2.24) is 4.57 Å². The molecule has 0 N–H and O–H groups in total. The number of hydrogen-bond acceptors (Lipinski definition) is 1. The first-order valence-corrected chi connectivity index (χ1v) is 18.6. The molecule has 54 heavy (non-hydrogen) atoms. The molecule has 0 radical (unpaired) electrons. The number of rotatable bonds is 4. The summed E-state index contributed by atoms with van der Waals surface area (Å²) < 4.78 is 9.30. The maximum atomic E-state index is 6.93. The highest BCUT2D eigenvalue weighted by atomic mass is 16.3. The van der Waals surface area contributed by atoms with Crippen LogP contribution in [0.1, 0.15) is 0 Å². The van der Waals surface area contributed by atoms with Gasteiger partial charge >= 0.3 is 0 Å². The van der Waals surface area contributed by atoms with Gasteiger partial charge in [-0.05, 0) is 102 Å².